The maximum absolute atomic E-state index is 12.9. The topological polar surface area (TPSA) is 106 Å². The quantitative estimate of drug-likeness (QED) is 0.663. The third-order valence-electron chi connectivity index (χ3n) is 4.72. The second-order valence-corrected chi connectivity index (χ2v) is 9.09. The first kappa shape index (κ1) is 25.3. The number of hydrogen-bond acceptors (Lipinski definition) is 6. The second kappa shape index (κ2) is 11.1. The van der Waals surface area contributed by atoms with Gasteiger partial charge in [-0.3, -0.25) is 9.59 Å². The first-order chi connectivity index (χ1) is 15.0. The van der Waals surface area contributed by atoms with E-state index in [0.29, 0.717) is 43.0 Å². The van der Waals surface area contributed by atoms with Crippen molar-refractivity contribution < 1.29 is 28.6 Å². The number of hydrogen-bond donors (Lipinski definition) is 2. The fraction of sp³-hybridized carbons (Fsp3) is 0.609. The Labute approximate surface area is 189 Å². The van der Waals surface area contributed by atoms with E-state index in [1.807, 2.05) is 34.6 Å². The number of rotatable bonds is 7. The molecule has 0 aromatic heterocycles. The third-order valence-corrected chi connectivity index (χ3v) is 4.72. The van der Waals surface area contributed by atoms with Crippen LogP contribution in [-0.2, 0) is 9.53 Å². The molecule has 9 heteroatoms. The van der Waals surface area contributed by atoms with Crippen molar-refractivity contribution >= 4 is 17.9 Å². The van der Waals surface area contributed by atoms with Gasteiger partial charge in [-0.25, -0.2) is 4.79 Å². The summed E-state index contributed by atoms with van der Waals surface area (Å²) in [6, 6.07) is 4.90. The van der Waals surface area contributed by atoms with Crippen LogP contribution in [0.3, 0.4) is 0 Å². The van der Waals surface area contributed by atoms with Gasteiger partial charge in [-0.15, -0.1) is 0 Å². The summed E-state index contributed by atoms with van der Waals surface area (Å²) in [6.07, 6.45) is 0.854. The van der Waals surface area contributed by atoms with Crippen LogP contribution in [0.2, 0.25) is 0 Å². The summed E-state index contributed by atoms with van der Waals surface area (Å²) in [5.74, 6) is 0.422. The molecular formula is C23H35N3O6. The van der Waals surface area contributed by atoms with Crippen molar-refractivity contribution in [2.75, 3.05) is 26.8 Å². The number of likely N-dealkylation sites (tertiary alicyclic amines) is 1. The van der Waals surface area contributed by atoms with Crippen LogP contribution in [0.4, 0.5) is 4.79 Å². The van der Waals surface area contributed by atoms with E-state index in [1.54, 1.807) is 23.1 Å². The number of carbonyl (C=O) groups excluding carboxylic acids is 3. The van der Waals surface area contributed by atoms with Gasteiger partial charge in [-0.1, -0.05) is 0 Å². The summed E-state index contributed by atoms with van der Waals surface area (Å²) in [5, 5.41) is 5.62. The van der Waals surface area contributed by atoms with E-state index in [9.17, 15) is 14.4 Å². The number of nitrogens with zero attached hydrogens (tertiary/aromatic N) is 1. The van der Waals surface area contributed by atoms with Crippen LogP contribution in [0.1, 0.15) is 57.8 Å². The molecule has 1 aromatic rings. The second-order valence-electron chi connectivity index (χ2n) is 9.09. The van der Waals surface area contributed by atoms with Crippen LogP contribution in [0.5, 0.6) is 11.5 Å². The molecule has 1 saturated heterocycles. The van der Waals surface area contributed by atoms with Crippen molar-refractivity contribution in [2.45, 2.75) is 65.1 Å². The van der Waals surface area contributed by atoms with Gasteiger partial charge in [0.15, 0.2) is 18.1 Å². The highest BCUT2D eigenvalue weighted by Crippen LogP contribution is 2.29. The van der Waals surface area contributed by atoms with E-state index in [4.69, 9.17) is 14.2 Å². The van der Waals surface area contributed by atoms with Crippen LogP contribution in [0.15, 0.2) is 18.2 Å². The number of carbonyl (C=O) groups is 3. The molecule has 0 spiro atoms. The lowest BCUT2D eigenvalue weighted by Gasteiger charge is -2.33. The Kier molecular flexibility index (Phi) is 8.74. The van der Waals surface area contributed by atoms with Crippen molar-refractivity contribution in [1.29, 1.82) is 0 Å². The Balaban J connectivity index is 1.92. The van der Waals surface area contributed by atoms with Crippen molar-refractivity contribution in [3.8, 4) is 11.5 Å². The van der Waals surface area contributed by atoms with E-state index >= 15 is 0 Å². The maximum Gasteiger partial charge on any atom is 0.407 e. The minimum atomic E-state index is -0.548. The molecule has 32 heavy (non-hydrogen) atoms. The molecule has 9 nitrogen and oxygen atoms in total. The molecule has 0 saturated carbocycles. The predicted molar refractivity (Wildman–Crippen MR) is 120 cm³/mol. The summed E-state index contributed by atoms with van der Waals surface area (Å²) in [4.78, 5) is 38.4. The van der Waals surface area contributed by atoms with Crippen LogP contribution in [0, 0.1) is 0 Å². The number of ether oxygens (including phenoxy) is 3. The Bertz CT molecular complexity index is 810. The normalized spacial score (nSPS) is 14.7. The monoisotopic (exact) mass is 449 g/mol. The molecule has 0 atom stereocenters. The molecule has 1 aromatic carbocycles. The number of methoxy groups -OCH3 is 1. The predicted octanol–water partition coefficient (Wildman–Crippen LogP) is 2.73. The number of amides is 3. The summed E-state index contributed by atoms with van der Waals surface area (Å²) >= 11 is 0. The number of nitrogens with one attached hydrogen (secondary N) is 2. The van der Waals surface area contributed by atoms with E-state index in [2.05, 4.69) is 10.6 Å². The lowest BCUT2D eigenvalue weighted by Crippen LogP contribution is -2.47. The standard InChI is InChI=1S/C23H35N3O6/c1-15(2)24-20(27)14-31-18-8-7-16(13-19(18)30-6)21(28)26-11-9-17(10-12-26)25-22(29)32-23(3,4)5/h7-8,13,15,17H,9-12,14H2,1-6H3,(H,24,27)(H,25,29). The first-order valence-electron chi connectivity index (χ1n) is 10.9. The minimum absolute atomic E-state index is 0.0245. The molecule has 2 N–H and O–H groups in total. The molecule has 1 heterocycles. The fourth-order valence-corrected chi connectivity index (χ4v) is 3.31. The fourth-order valence-electron chi connectivity index (χ4n) is 3.31. The van der Waals surface area contributed by atoms with E-state index in [1.165, 1.54) is 7.11 Å². The molecule has 1 aliphatic heterocycles. The summed E-state index contributed by atoms with van der Waals surface area (Å²) < 4.78 is 16.2. The van der Waals surface area contributed by atoms with Crippen LogP contribution in [-0.4, -0.2) is 67.3 Å². The Morgan fingerprint density at radius 2 is 1.78 bits per heavy atom. The van der Waals surface area contributed by atoms with Crippen molar-refractivity contribution in [2.24, 2.45) is 0 Å². The van der Waals surface area contributed by atoms with Gasteiger partial charge in [0.2, 0.25) is 0 Å². The van der Waals surface area contributed by atoms with Crippen LogP contribution >= 0.6 is 0 Å². The molecule has 0 aliphatic carbocycles. The van der Waals surface area contributed by atoms with Crippen molar-refractivity contribution in [1.82, 2.24) is 15.5 Å². The zero-order chi connectivity index (χ0) is 23.9. The molecule has 0 bridgehead atoms. The highest BCUT2D eigenvalue weighted by molar-refractivity contribution is 5.95. The maximum atomic E-state index is 12.9. The van der Waals surface area contributed by atoms with Crippen LogP contribution < -0.4 is 20.1 Å². The van der Waals surface area contributed by atoms with E-state index in [0.717, 1.165) is 0 Å². The van der Waals surface area contributed by atoms with E-state index < -0.39 is 11.7 Å². The zero-order valence-electron chi connectivity index (χ0n) is 19.8. The average Bonchev–Trinajstić information content (AvgIpc) is 2.70. The molecule has 0 radical (unpaired) electrons. The van der Waals surface area contributed by atoms with Gasteiger partial charge < -0.3 is 29.7 Å². The summed E-state index contributed by atoms with van der Waals surface area (Å²) in [7, 11) is 1.48. The van der Waals surface area contributed by atoms with Crippen molar-refractivity contribution in [3.63, 3.8) is 0 Å². The molecule has 1 fully saturated rings. The van der Waals surface area contributed by atoms with Gasteiger partial charge >= 0.3 is 6.09 Å². The highest BCUT2D eigenvalue weighted by Gasteiger charge is 2.27. The molecule has 2 rings (SSSR count). The summed E-state index contributed by atoms with van der Waals surface area (Å²) in [5.41, 5.74) is -0.0761. The number of benzene rings is 1. The average molecular weight is 450 g/mol. The largest absolute Gasteiger partial charge is 0.493 e. The lowest BCUT2D eigenvalue weighted by atomic mass is 10.0. The van der Waals surface area contributed by atoms with Crippen molar-refractivity contribution in [3.05, 3.63) is 23.8 Å². The Hall–Kier alpha value is -2.97. The third kappa shape index (κ3) is 7.94. The first-order valence-corrected chi connectivity index (χ1v) is 10.9. The van der Waals surface area contributed by atoms with Gasteiger partial charge in [0.1, 0.15) is 5.60 Å². The molecule has 178 valence electrons. The smallest absolute Gasteiger partial charge is 0.407 e. The Morgan fingerprint density at radius 1 is 1.12 bits per heavy atom. The van der Waals surface area contributed by atoms with Crippen LogP contribution in [0.25, 0.3) is 0 Å². The lowest BCUT2D eigenvalue weighted by molar-refractivity contribution is -0.123. The van der Waals surface area contributed by atoms with Gasteiger partial charge in [0.05, 0.1) is 7.11 Å². The van der Waals surface area contributed by atoms with E-state index in [-0.39, 0.29) is 30.5 Å². The minimum Gasteiger partial charge on any atom is -0.493 e. The molecule has 0 unspecified atom stereocenters. The molecule has 1 aliphatic rings. The summed E-state index contributed by atoms with van der Waals surface area (Å²) in [6.45, 7) is 10.1. The zero-order valence-corrected chi connectivity index (χ0v) is 19.8. The van der Waals surface area contributed by atoms with Gasteiger partial charge in [0, 0.05) is 30.7 Å². The van der Waals surface area contributed by atoms with Gasteiger partial charge in [0.25, 0.3) is 11.8 Å². The number of piperidine rings is 1. The highest BCUT2D eigenvalue weighted by atomic mass is 16.6. The molecule has 3 amide bonds. The Morgan fingerprint density at radius 3 is 2.34 bits per heavy atom. The molecular weight excluding hydrogens is 414 g/mol. The number of alkyl carbamates (subject to hydrolysis) is 1. The van der Waals surface area contributed by atoms with Gasteiger partial charge in [-0.2, -0.15) is 0 Å². The SMILES string of the molecule is COc1cc(C(=O)N2CCC(NC(=O)OC(C)(C)C)CC2)ccc1OCC(=O)NC(C)C. The van der Waals surface area contributed by atoms with Gasteiger partial charge in [-0.05, 0) is 65.7 Å².